The number of para-hydroxylation sites is 1. The number of nitrogens with zero attached hydrogens (tertiary/aromatic N) is 2. The first kappa shape index (κ1) is 21.1. The summed E-state index contributed by atoms with van der Waals surface area (Å²) in [4.78, 5) is 27.1. The molecule has 0 radical (unpaired) electrons. The molecule has 32 heavy (non-hydrogen) atoms. The van der Waals surface area contributed by atoms with E-state index < -0.39 is 0 Å². The van der Waals surface area contributed by atoms with E-state index in [2.05, 4.69) is 11.4 Å². The van der Waals surface area contributed by atoms with E-state index in [-0.39, 0.29) is 23.9 Å². The zero-order valence-electron chi connectivity index (χ0n) is 17.8. The molecule has 5 nitrogen and oxygen atoms in total. The molecular weight excluding hydrogens is 398 g/mol. The summed E-state index contributed by atoms with van der Waals surface area (Å²) < 4.78 is 1.49. The zero-order valence-corrected chi connectivity index (χ0v) is 17.8. The van der Waals surface area contributed by atoms with E-state index in [0.717, 1.165) is 5.56 Å². The van der Waals surface area contributed by atoms with Crippen LogP contribution in [-0.2, 0) is 6.42 Å². The number of hydrogen-bond donors (Lipinski definition) is 1. The van der Waals surface area contributed by atoms with Crippen LogP contribution in [0.1, 0.15) is 41.0 Å². The van der Waals surface area contributed by atoms with Gasteiger partial charge in [-0.25, -0.2) is 0 Å². The first-order valence-corrected chi connectivity index (χ1v) is 10.6. The van der Waals surface area contributed by atoms with Crippen LogP contribution in [0.15, 0.2) is 89.7 Å². The van der Waals surface area contributed by atoms with Crippen molar-refractivity contribution in [3.8, 4) is 11.8 Å². The second-order valence-corrected chi connectivity index (χ2v) is 7.52. The highest BCUT2D eigenvalue weighted by Gasteiger charge is 2.24. The quantitative estimate of drug-likeness (QED) is 0.479. The molecule has 0 fully saturated rings. The van der Waals surface area contributed by atoms with Crippen molar-refractivity contribution in [2.24, 2.45) is 0 Å². The van der Waals surface area contributed by atoms with Crippen molar-refractivity contribution in [2.75, 3.05) is 0 Å². The van der Waals surface area contributed by atoms with Crippen LogP contribution in [0.5, 0.6) is 0 Å². The van der Waals surface area contributed by atoms with Gasteiger partial charge in [0.15, 0.2) is 0 Å². The Morgan fingerprint density at radius 3 is 2.16 bits per heavy atom. The average Bonchev–Trinajstić information content (AvgIpc) is 2.84. The number of hydrogen-bond acceptors (Lipinski definition) is 3. The summed E-state index contributed by atoms with van der Waals surface area (Å²) in [6.07, 6.45) is 0.638. The number of amides is 1. The molecule has 0 aliphatic carbocycles. The lowest BCUT2D eigenvalue weighted by molar-refractivity contribution is 0.0936. The monoisotopic (exact) mass is 421 g/mol. The molecule has 1 amide bonds. The van der Waals surface area contributed by atoms with Crippen molar-refractivity contribution >= 4 is 16.7 Å². The van der Waals surface area contributed by atoms with Crippen molar-refractivity contribution in [1.82, 2.24) is 9.88 Å². The van der Waals surface area contributed by atoms with Gasteiger partial charge in [0.2, 0.25) is 0 Å². The molecule has 0 aliphatic heterocycles. The molecule has 0 aliphatic rings. The van der Waals surface area contributed by atoms with Gasteiger partial charge in [0.1, 0.15) is 0 Å². The van der Waals surface area contributed by atoms with Crippen molar-refractivity contribution < 1.29 is 4.79 Å². The maximum absolute atomic E-state index is 13.7. The first-order valence-electron chi connectivity index (χ1n) is 10.6. The first-order chi connectivity index (χ1) is 15.7. The summed E-state index contributed by atoms with van der Waals surface area (Å²) in [5, 5.41) is 13.7. The standard InChI is InChI=1S/C27H23N3O2/c1-2-23(19-11-5-3-6-12-19)29-26(31)25-21-15-9-10-16-22(21)27(32)30(24(25)17-18-28)20-13-7-4-8-14-20/h3-16,23H,2,17H2,1H3,(H,29,31)/t23-/m0/s1. The zero-order chi connectivity index (χ0) is 22.5. The van der Waals surface area contributed by atoms with Crippen molar-refractivity contribution in [3.63, 3.8) is 0 Å². The Bertz CT molecular complexity index is 1350. The van der Waals surface area contributed by atoms with E-state index in [4.69, 9.17) is 0 Å². The molecule has 4 aromatic rings. The van der Waals surface area contributed by atoms with Crippen LogP contribution in [0, 0.1) is 11.3 Å². The molecule has 4 rings (SSSR count). The van der Waals surface area contributed by atoms with E-state index in [1.165, 1.54) is 4.57 Å². The molecule has 0 bridgehead atoms. The summed E-state index contributed by atoms with van der Waals surface area (Å²) in [7, 11) is 0. The number of rotatable bonds is 6. The van der Waals surface area contributed by atoms with Gasteiger partial charge in [-0.1, -0.05) is 73.7 Å². The third kappa shape index (κ3) is 3.91. The van der Waals surface area contributed by atoms with E-state index >= 15 is 0 Å². The topological polar surface area (TPSA) is 74.9 Å². The fourth-order valence-electron chi connectivity index (χ4n) is 4.08. The number of benzene rings is 3. The molecular formula is C27H23N3O2. The molecule has 5 heteroatoms. The van der Waals surface area contributed by atoms with Crippen LogP contribution in [-0.4, -0.2) is 10.5 Å². The number of fused-ring (bicyclic) bond motifs is 1. The fraction of sp³-hybridized carbons (Fsp3) is 0.148. The lowest BCUT2D eigenvalue weighted by Crippen LogP contribution is -2.33. The highest BCUT2D eigenvalue weighted by molar-refractivity contribution is 6.08. The maximum atomic E-state index is 13.7. The van der Waals surface area contributed by atoms with Gasteiger partial charge in [0.05, 0.1) is 29.8 Å². The second-order valence-electron chi connectivity index (χ2n) is 7.52. The van der Waals surface area contributed by atoms with Crippen molar-refractivity contribution in [3.05, 3.63) is 112 Å². The third-order valence-corrected chi connectivity index (χ3v) is 5.59. The highest BCUT2D eigenvalue weighted by Crippen LogP contribution is 2.25. The van der Waals surface area contributed by atoms with Gasteiger partial charge in [-0.05, 0) is 30.2 Å². The largest absolute Gasteiger partial charge is 0.345 e. The summed E-state index contributed by atoms with van der Waals surface area (Å²) in [5.41, 5.74) is 2.13. The lowest BCUT2D eigenvalue weighted by atomic mass is 9.99. The maximum Gasteiger partial charge on any atom is 0.263 e. The second kappa shape index (κ2) is 9.32. The normalized spacial score (nSPS) is 11.6. The van der Waals surface area contributed by atoms with Crippen LogP contribution in [0.3, 0.4) is 0 Å². The molecule has 1 heterocycles. The highest BCUT2D eigenvalue weighted by atomic mass is 16.2. The van der Waals surface area contributed by atoms with Crippen molar-refractivity contribution in [2.45, 2.75) is 25.8 Å². The minimum absolute atomic E-state index is 0.0696. The smallest absolute Gasteiger partial charge is 0.263 e. The number of nitriles is 1. The SMILES string of the molecule is CC[C@H](NC(=O)c1c(CC#N)n(-c2ccccc2)c(=O)c2ccccc12)c1ccccc1. The van der Waals surface area contributed by atoms with Crippen LogP contribution in [0.25, 0.3) is 16.5 Å². The minimum Gasteiger partial charge on any atom is -0.345 e. The average molecular weight is 422 g/mol. The number of carbonyl (C=O) groups excluding carboxylic acids is 1. The van der Waals surface area contributed by atoms with E-state index in [1.54, 1.807) is 36.4 Å². The number of aromatic nitrogens is 1. The van der Waals surface area contributed by atoms with E-state index in [0.29, 0.717) is 34.1 Å². The summed E-state index contributed by atoms with van der Waals surface area (Å²) in [6, 6.07) is 27.9. The van der Waals surface area contributed by atoms with Gasteiger partial charge < -0.3 is 5.32 Å². The molecule has 0 saturated carbocycles. The number of pyridine rings is 1. The third-order valence-electron chi connectivity index (χ3n) is 5.59. The number of nitrogens with one attached hydrogen (secondary N) is 1. The van der Waals surface area contributed by atoms with Gasteiger partial charge in [-0.3, -0.25) is 14.2 Å². The van der Waals surface area contributed by atoms with Gasteiger partial charge in [0.25, 0.3) is 11.5 Å². The van der Waals surface area contributed by atoms with Gasteiger partial charge in [-0.15, -0.1) is 0 Å². The molecule has 1 atom stereocenters. The summed E-state index contributed by atoms with van der Waals surface area (Å²) in [5.74, 6) is -0.299. The Balaban J connectivity index is 1.94. The fourth-order valence-corrected chi connectivity index (χ4v) is 4.08. The molecule has 0 saturated heterocycles. The molecule has 0 spiro atoms. The predicted octanol–water partition coefficient (Wildman–Crippen LogP) is 4.94. The Morgan fingerprint density at radius 1 is 0.938 bits per heavy atom. The van der Waals surface area contributed by atoms with E-state index in [9.17, 15) is 14.9 Å². The summed E-state index contributed by atoms with van der Waals surface area (Å²) in [6.45, 7) is 2.01. The molecule has 158 valence electrons. The van der Waals surface area contributed by atoms with E-state index in [1.807, 2.05) is 55.5 Å². The Morgan fingerprint density at radius 2 is 1.53 bits per heavy atom. The Labute approximate surface area is 186 Å². The van der Waals surface area contributed by atoms with Crippen LogP contribution in [0.4, 0.5) is 0 Å². The molecule has 1 aromatic heterocycles. The van der Waals surface area contributed by atoms with Gasteiger partial charge >= 0.3 is 0 Å². The predicted molar refractivity (Wildman–Crippen MR) is 126 cm³/mol. The van der Waals surface area contributed by atoms with Crippen molar-refractivity contribution in [1.29, 1.82) is 5.26 Å². The van der Waals surface area contributed by atoms with Gasteiger partial charge in [0, 0.05) is 16.5 Å². The van der Waals surface area contributed by atoms with Gasteiger partial charge in [-0.2, -0.15) is 5.26 Å². The Hall–Kier alpha value is -4.17. The van der Waals surface area contributed by atoms with Crippen LogP contribution < -0.4 is 10.9 Å². The molecule has 1 N–H and O–H groups in total. The Kier molecular flexibility index (Phi) is 6.14. The summed E-state index contributed by atoms with van der Waals surface area (Å²) >= 11 is 0. The number of carbonyl (C=O) groups is 1. The van der Waals surface area contributed by atoms with Crippen LogP contribution in [0.2, 0.25) is 0 Å². The molecule has 0 unspecified atom stereocenters. The molecule has 3 aromatic carbocycles. The van der Waals surface area contributed by atoms with Crippen LogP contribution >= 0.6 is 0 Å². The lowest BCUT2D eigenvalue weighted by Gasteiger charge is -2.21. The minimum atomic E-state index is -0.299.